The van der Waals surface area contributed by atoms with E-state index in [-0.39, 0.29) is 17.1 Å². The fourth-order valence-corrected chi connectivity index (χ4v) is 2.43. The van der Waals surface area contributed by atoms with E-state index in [4.69, 9.17) is 14.2 Å². The van der Waals surface area contributed by atoms with Gasteiger partial charge in [0, 0.05) is 20.8 Å². The molecule has 0 unspecified atom stereocenters. The zero-order valence-electron chi connectivity index (χ0n) is 15.8. The normalized spacial score (nSPS) is 10.8. The smallest absolute Gasteiger partial charge is 0.326 e. The second kappa shape index (κ2) is 9.27. The van der Waals surface area contributed by atoms with E-state index < -0.39 is 34.3 Å². The molecule has 0 N–H and O–H groups in total. The molecule has 0 saturated heterocycles. The maximum Gasteiger partial charge on any atom is 0.326 e. The molecular formula is C20H17NO8. The number of nitrogens with zero attached hydrogens (tertiary/aromatic N) is 1. The Kier molecular flexibility index (Phi) is 6.80. The highest BCUT2D eigenvalue weighted by Gasteiger charge is 2.31. The van der Waals surface area contributed by atoms with Crippen molar-refractivity contribution in [3.05, 3.63) is 63.7 Å². The minimum absolute atomic E-state index is 0.138. The van der Waals surface area contributed by atoms with Gasteiger partial charge in [-0.05, 0) is 23.8 Å². The summed E-state index contributed by atoms with van der Waals surface area (Å²) in [4.78, 5) is 45.4. The van der Waals surface area contributed by atoms with E-state index in [2.05, 4.69) is 0 Å². The van der Waals surface area contributed by atoms with Gasteiger partial charge in [-0.3, -0.25) is 24.5 Å². The first-order chi connectivity index (χ1) is 13.7. The van der Waals surface area contributed by atoms with Gasteiger partial charge in [0.15, 0.2) is 5.75 Å². The highest BCUT2D eigenvalue weighted by molar-refractivity contribution is 5.90. The van der Waals surface area contributed by atoms with Crippen LogP contribution < -0.4 is 9.47 Å². The van der Waals surface area contributed by atoms with E-state index in [0.29, 0.717) is 5.56 Å². The van der Waals surface area contributed by atoms with Gasteiger partial charge < -0.3 is 14.2 Å². The van der Waals surface area contributed by atoms with Crippen molar-refractivity contribution in [2.45, 2.75) is 20.8 Å². The first kappa shape index (κ1) is 21.3. The molecule has 0 bridgehead atoms. The molecule has 0 heterocycles. The summed E-state index contributed by atoms with van der Waals surface area (Å²) in [6.45, 7) is 3.28. The van der Waals surface area contributed by atoms with Crippen LogP contribution in [0.3, 0.4) is 0 Å². The van der Waals surface area contributed by atoms with Gasteiger partial charge in [-0.2, -0.15) is 0 Å². The summed E-state index contributed by atoms with van der Waals surface area (Å²) in [7, 11) is 0. The third kappa shape index (κ3) is 5.73. The van der Waals surface area contributed by atoms with Crippen molar-refractivity contribution >= 4 is 35.4 Å². The number of rotatable bonds is 6. The van der Waals surface area contributed by atoms with Crippen molar-refractivity contribution in [1.82, 2.24) is 0 Å². The molecule has 2 aromatic rings. The maximum atomic E-state index is 11.8. The summed E-state index contributed by atoms with van der Waals surface area (Å²) in [5, 5.41) is 11.8. The van der Waals surface area contributed by atoms with Crippen LogP contribution in [0.15, 0.2) is 42.5 Å². The topological polar surface area (TPSA) is 122 Å². The van der Waals surface area contributed by atoms with Crippen LogP contribution in [-0.2, 0) is 19.1 Å². The molecule has 0 spiro atoms. The van der Waals surface area contributed by atoms with E-state index >= 15 is 0 Å². The van der Waals surface area contributed by atoms with Crippen molar-refractivity contribution in [2.24, 2.45) is 0 Å². The van der Waals surface area contributed by atoms with Gasteiger partial charge in [0.05, 0.1) is 10.5 Å². The van der Waals surface area contributed by atoms with E-state index in [1.165, 1.54) is 18.2 Å². The first-order valence-corrected chi connectivity index (χ1v) is 8.32. The molecule has 9 nitrogen and oxygen atoms in total. The lowest BCUT2D eigenvalue weighted by atomic mass is 10.1. The molecule has 29 heavy (non-hydrogen) atoms. The van der Waals surface area contributed by atoms with Gasteiger partial charge in [-0.15, -0.1) is 0 Å². The Labute approximate surface area is 165 Å². The number of carbonyl (C=O) groups excluding carboxylic acids is 3. The summed E-state index contributed by atoms with van der Waals surface area (Å²) in [5.74, 6) is -3.36. The van der Waals surface area contributed by atoms with E-state index in [0.717, 1.165) is 20.8 Å². The van der Waals surface area contributed by atoms with Crippen LogP contribution in [0.1, 0.15) is 31.9 Å². The zero-order valence-corrected chi connectivity index (χ0v) is 15.8. The number of ether oxygens (including phenoxy) is 3. The number of hydrogen-bond donors (Lipinski definition) is 0. The summed E-state index contributed by atoms with van der Waals surface area (Å²) < 4.78 is 15.1. The molecule has 0 amide bonds. The lowest BCUT2D eigenvalue weighted by Crippen LogP contribution is -2.11. The van der Waals surface area contributed by atoms with Gasteiger partial charge >= 0.3 is 23.6 Å². The second-order valence-corrected chi connectivity index (χ2v) is 5.75. The zero-order chi connectivity index (χ0) is 21.6. The molecule has 0 fully saturated rings. The minimum atomic E-state index is -0.861. The third-order valence-corrected chi connectivity index (χ3v) is 3.39. The first-order valence-electron chi connectivity index (χ1n) is 8.32. The molecule has 9 heteroatoms. The lowest BCUT2D eigenvalue weighted by molar-refractivity contribution is -0.386. The van der Waals surface area contributed by atoms with Gasteiger partial charge in [0.25, 0.3) is 5.75 Å². The maximum absolute atomic E-state index is 11.8. The molecule has 0 aliphatic carbocycles. The fraction of sp³-hybridized carbons (Fsp3) is 0.150. The van der Waals surface area contributed by atoms with Crippen LogP contribution in [0, 0.1) is 10.1 Å². The van der Waals surface area contributed by atoms with Gasteiger partial charge in [-0.25, -0.2) is 0 Å². The molecule has 0 aliphatic heterocycles. The number of nitro benzene ring substituents is 1. The molecule has 150 valence electrons. The number of benzene rings is 2. The average molecular weight is 399 g/mol. The van der Waals surface area contributed by atoms with Crippen molar-refractivity contribution in [3.63, 3.8) is 0 Å². The quantitative estimate of drug-likeness (QED) is 0.181. The molecule has 2 aromatic carbocycles. The molecule has 2 rings (SSSR count). The second-order valence-electron chi connectivity index (χ2n) is 5.75. The fourth-order valence-electron chi connectivity index (χ4n) is 2.43. The highest BCUT2D eigenvalue weighted by atomic mass is 16.6. The van der Waals surface area contributed by atoms with Gasteiger partial charge in [-0.1, -0.05) is 30.3 Å². The number of hydrogen-bond acceptors (Lipinski definition) is 8. The standard InChI is InChI=1S/C20H17NO8/c1-12(22)27-17-10-9-16(19(21(25)26)20(17)29-14(3)24)18(28-13(2)23)11-15-7-5-4-6-8-15/h4-11H,1-3H3/b18-11+. The summed E-state index contributed by atoms with van der Waals surface area (Å²) in [6.07, 6.45) is 1.42. The number of esters is 3. The largest absolute Gasteiger partial charge is 0.426 e. The van der Waals surface area contributed by atoms with Crippen molar-refractivity contribution in [1.29, 1.82) is 0 Å². The van der Waals surface area contributed by atoms with E-state index in [9.17, 15) is 24.5 Å². The molecule has 0 aromatic heterocycles. The van der Waals surface area contributed by atoms with Gasteiger partial charge in [0.1, 0.15) is 5.76 Å². The average Bonchev–Trinajstić information content (AvgIpc) is 2.61. The molecule has 0 saturated carbocycles. The van der Waals surface area contributed by atoms with Crippen LogP contribution in [0.2, 0.25) is 0 Å². The van der Waals surface area contributed by atoms with Crippen LogP contribution >= 0.6 is 0 Å². The lowest BCUT2D eigenvalue weighted by Gasteiger charge is -2.13. The summed E-state index contributed by atoms with van der Waals surface area (Å²) >= 11 is 0. The summed E-state index contributed by atoms with van der Waals surface area (Å²) in [5.41, 5.74) is -0.222. The van der Waals surface area contributed by atoms with Crippen molar-refractivity contribution in [3.8, 4) is 11.5 Å². The van der Waals surface area contributed by atoms with Crippen LogP contribution in [0.25, 0.3) is 11.8 Å². The predicted octanol–water partition coefficient (Wildman–Crippen LogP) is 3.51. The third-order valence-electron chi connectivity index (χ3n) is 3.39. The van der Waals surface area contributed by atoms with Crippen molar-refractivity contribution < 1.29 is 33.5 Å². The SMILES string of the molecule is CC(=O)O/C(=C/c1ccccc1)c1ccc(OC(C)=O)c(OC(C)=O)c1[N+](=O)[O-]. The predicted molar refractivity (Wildman–Crippen MR) is 102 cm³/mol. The van der Waals surface area contributed by atoms with E-state index in [1.54, 1.807) is 30.3 Å². The Morgan fingerprint density at radius 3 is 2.03 bits per heavy atom. The Morgan fingerprint density at radius 2 is 1.52 bits per heavy atom. The molecule has 0 aliphatic rings. The Bertz CT molecular complexity index is 995. The summed E-state index contributed by atoms with van der Waals surface area (Å²) in [6, 6.07) is 11.1. The molecule has 0 atom stereocenters. The van der Waals surface area contributed by atoms with Crippen LogP contribution in [0.4, 0.5) is 5.69 Å². The van der Waals surface area contributed by atoms with E-state index in [1.807, 2.05) is 0 Å². The Hall–Kier alpha value is -4.01. The monoisotopic (exact) mass is 399 g/mol. The molecule has 0 radical (unpaired) electrons. The van der Waals surface area contributed by atoms with Crippen LogP contribution in [-0.4, -0.2) is 22.8 Å². The minimum Gasteiger partial charge on any atom is -0.426 e. The molecular weight excluding hydrogens is 382 g/mol. The van der Waals surface area contributed by atoms with Crippen molar-refractivity contribution in [2.75, 3.05) is 0 Å². The van der Waals surface area contributed by atoms with Crippen LogP contribution in [0.5, 0.6) is 11.5 Å². The highest BCUT2D eigenvalue weighted by Crippen LogP contribution is 2.43. The number of nitro groups is 1. The Morgan fingerprint density at radius 1 is 0.897 bits per heavy atom. The Balaban J connectivity index is 2.77. The number of carbonyl (C=O) groups is 3. The van der Waals surface area contributed by atoms with Gasteiger partial charge in [0.2, 0.25) is 0 Å².